The van der Waals surface area contributed by atoms with Gasteiger partial charge in [0, 0.05) is 23.1 Å². The highest BCUT2D eigenvalue weighted by Crippen LogP contribution is 2.51. The van der Waals surface area contributed by atoms with Crippen molar-refractivity contribution < 1.29 is 18.0 Å². The lowest BCUT2D eigenvalue weighted by Gasteiger charge is -2.37. The van der Waals surface area contributed by atoms with Crippen molar-refractivity contribution in [3.05, 3.63) is 65.7 Å². The molecule has 37 heavy (non-hydrogen) atoms. The SMILES string of the molecule is CC(C)(N)C(=O)N[C@H](CSCc1ccccc1)C(=O)[N+]1(S(C)(=O)=O)CC2(CCNCC2)c2ccccc21. The van der Waals surface area contributed by atoms with E-state index in [9.17, 15) is 18.0 Å². The van der Waals surface area contributed by atoms with E-state index in [0.717, 1.165) is 43.3 Å². The molecule has 1 saturated heterocycles. The number of para-hydroxylation sites is 1. The Morgan fingerprint density at radius 2 is 1.73 bits per heavy atom. The highest BCUT2D eigenvalue weighted by Gasteiger charge is 2.63. The fraction of sp³-hybridized carbons (Fsp3) is 0.481. The van der Waals surface area contributed by atoms with Crippen molar-refractivity contribution in [3.63, 3.8) is 0 Å². The predicted molar refractivity (Wildman–Crippen MR) is 150 cm³/mol. The summed E-state index contributed by atoms with van der Waals surface area (Å²) in [6.45, 7) is 4.77. The quantitative estimate of drug-likeness (QED) is 0.436. The van der Waals surface area contributed by atoms with Crippen LogP contribution in [0.5, 0.6) is 0 Å². The van der Waals surface area contributed by atoms with Gasteiger partial charge in [0.05, 0.1) is 17.2 Å². The molecule has 2 aromatic rings. The van der Waals surface area contributed by atoms with Crippen LogP contribution in [0.1, 0.15) is 37.8 Å². The van der Waals surface area contributed by atoms with Gasteiger partial charge in [-0.05, 0) is 45.3 Å². The molecule has 4 N–H and O–H groups in total. The van der Waals surface area contributed by atoms with E-state index in [2.05, 4.69) is 10.6 Å². The Morgan fingerprint density at radius 3 is 2.35 bits per heavy atom. The van der Waals surface area contributed by atoms with E-state index >= 15 is 0 Å². The maximum atomic E-state index is 14.5. The summed E-state index contributed by atoms with van der Waals surface area (Å²) < 4.78 is 26.5. The van der Waals surface area contributed by atoms with Crippen LogP contribution in [0.2, 0.25) is 0 Å². The van der Waals surface area contributed by atoms with Gasteiger partial charge in [-0.25, -0.2) is 4.79 Å². The molecule has 0 radical (unpaired) electrons. The van der Waals surface area contributed by atoms with E-state index < -0.39 is 42.7 Å². The molecule has 0 aliphatic carbocycles. The van der Waals surface area contributed by atoms with Gasteiger partial charge in [0.25, 0.3) is 0 Å². The first-order chi connectivity index (χ1) is 17.4. The maximum absolute atomic E-state index is 14.5. The van der Waals surface area contributed by atoms with Gasteiger partial charge in [0.2, 0.25) is 5.91 Å². The molecule has 2 amide bonds. The molecule has 1 unspecified atom stereocenters. The molecular weight excluding hydrogens is 508 g/mol. The molecule has 0 aromatic heterocycles. The van der Waals surface area contributed by atoms with E-state index in [1.807, 2.05) is 42.5 Å². The number of nitrogens with zero attached hydrogens (tertiary/aromatic N) is 1. The standard InChI is InChI=1S/C27H36N4O4S2/c1-26(2,28)25(33)30-22(18-36-17-20-9-5-4-6-10-20)24(32)31(37(3,34)35)19-27(13-15-29-16-14-27)21-11-7-8-12-23(21)31/h4-12,22,29H,13-19,28H2,1-3H3/p+1/t22-,31?/m1/s1. The van der Waals surface area contributed by atoms with E-state index in [1.165, 1.54) is 11.8 Å². The van der Waals surface area contributed by atoms with Crippen LogP contribution in [0.3, 0.4) is 0 Å². The number of rotatable bonds is 8. The molecule has 8 nitrogen and oxygen atoms in total. The van der Waals surface area contributed by atoms with Gasteiger partial charge >= 0.3 is 15.9 Å². The van der Waals surface area contributed by atoms with Crippen molar-refractivity contribution >= 4 is 39.3 Å². The molecule has 4 rings (SSSR count). The molecule has 1 spiro atoms. The molecule has 2 aliphatic rings. The Kier molecular flexibility index (Phi) is 7.88. The third-order valence-corrected chi connectivity index (χ3v) is 10.2. The topological polar surface area (TPSA) is 118 Å². The van der Waals surface area contributed by atoms with Crippen molar-refractivity contribution in [2.24, 2.45) is 5.73 Å². The molecule has 2 heterocycles. The molecule has 2 aromatic carbocycles. The Morgan fingerprint density at radius 1 is 1.11 bits per heavy atom. The fourth-order valence-corrected chi connectivity index (χ4v) is 7.92. The Bertz CT molecular complexity index is 1250. The van der Waals surface area contributed by atoms with Gasteiger partial charge in [0.1, 0.15) is 6.54 Å². The van der Waals surface area contributed by atoms with E-state index in [0.29, 0.717) is 11.4 Å². The first-order valence-corrected chi connectivity index (χ1v) is 15.6. The highest BCUT2D eigenvalue weighted by atomic mass is 32.2. The summed E-state index contributed by atoms with van der Waals surface area (Å²) in [7, 11) is -3.97. The Balaban J connectivity index is 1.75. The van der Waals surface area contributed by atoms with E-state index in [4.69, 9.17) is 5.73 Å². The number of hydrogen-bond acceptors (Lipinski definition) is 7. The highest BCUT2D eigenvalue weighted by molar-refractivity contribution is 7.98. The zero-order chi connectivity index (χ0) is 26.9. The molecule has 2 atom stereocenters. The zero-order valence-electron chi connectivity index (χ0n) is 21.7. The predicted octanol–water partition coefficient (Wildman–Crippen LogP) is 2.27. The summed E-state index contributed by atoms with van der Waals surface area (Å²) in [6, 6.07) is 16.2. The van der Waals surface area contributed by atoms with Crippen molar-refractivity contribution in [1.29, 1.82) is 0 Å². The van der Waals surface area contributed by atoms with Crippen molar-refractivity contribution in [1.82, 2.24) is 14.5 Å². The summed E-state index contributed by atoms with van der Waals surface area (Å²) >= 11 is 1.48. The van der Waals surface area contributed by atoms with Crippen LogP contribution < -0.4 is 20.3 Å². The van der Waals surface area contributed by atoms with Crippen molar-refractivity contribution in [2.45, 2.75) is 49.4 Å². The van der Waals surface area contributed by atoms with Gasteiger partial charge in [0.15, 0.2) is 11.7 Å². The molecular formula is C27H37N4O4S2+. The average molecular weight is 546 g/mol. The molecule has 1 fully saturated rings. The third-order valence-electron chi connectivity index (χ3n) is 7.46. The second kappa shape index (κ2) is 10.5. The number of nitrogens with two attached hydrogens (primary N) is 1. The number of hydrogen-bond donors (Lipinski definition) is 3. The summed E-state index contributed by atoms with van der Waals surface area (Å²) in [5, 5.41) is 6.17. The van der Waals surface area contributed by atoms with Crippen LogP contribution in [-0.2, 0) is 30.8 Å². The van der Waals surface area contributed by atoms with Crippen molar-refractivity contribution in [2.75, 3.05) is 31.6 Å². The smallest absolute Gasteiger partial charge is 0.339 e. The second-order valence-corrected chi connectivity index (χ2v) is 13.9. The van der Waals surface area contributed by atoms with Crippen LogP contribution in [0.25, 0.3) is 0 Å². The largest absolute Gasteiger partial charge is 0.357 e. The number of nitrogens with one attached hydrogen (secondary N) is 2. The first kappa shape index (κ1) is 27.8. The number of fused-ring (bicyclic) bond motifs is 2. The number of sulfonamides is 1. The molecule has 2 aliphatic heterocycles. The van der Waals surface area contributed by atoms with E-state index in [-0.39, 0.29) is 12.3 Å². The molecule has 0 saturated carbocycles. The molecule has 200 valence electrons. The summed E-state index contributed by atoms with van der Waals surface area (Å²) in [4.78, 5) is 27.5. The Hall–Kier alpha value is -2.24. The lowest BCUT2D eigenvalue weighted by Crippen LogP contribution is -2.67. The summed E-state index contributed by atoms with van der Waals surface area (Å²) in [5.74, 6) is -0.190. The minimum atomic E-state index is -3.97. The third kappa shape index (κ3) is 5.35. The van der Waals surface area contributed by atoms with Gasteiger partial charge in [-0.15, -0.1) is 3.89 Å². The first-order valence-electron chi connectivity index (χ1n) is 12.6. The number of piperidine rings is 1. The summed E-state index contributed by atoms with van der Waals surface area (Å²) in [5.41, 5.74) is 6.88. The minimum Gasteiger partial charge on any atom is -0.339 e. The minimum absolute atomic E-state index is 0.132. The average Bonchev–Trinajstić information content (AvgIpc) is 3.14. The van der Waals surface area contributed by atoms with Crippen LogP contribution in [0.4, 0.5) is 5.69 Å². The van der Waals surface area contributed by atoms with Crippen LogP contribution in [-0.4, -0.2) is 63.5 Å². The van der Waals surface area contributed by atoms with Gasteiger partial charge in [-0.2, -0.15) is 20.2 Å². The summed E-state index contributed by atoms with van der Waals surface area (Å²) in [6.07, 6.45) is 2.61. The van der Waals surface area contributed by atoms with Crippen molar-refractivity contribution in [3.8, 4) is 0 Å². The number of benzene rings is 2. The normalized spacial score (nSPS) is 21.8. The number of carbonyl (C=O) groups is 2. The molecule has 0 bridgehead atoms. The van der Waals surface area contributed by atoms with Crippen LogP contribution >= 0.6 is 11.8 Å². The van der Waals surface area contributed by atoms with Crippen LogP contribution in [0.15, 0.2) is 54.6 Å². The maximum Gasteiger partial charge on any atom is 0.357 e. The zero-order valence-corrected chi connectivity index (χ0v) is 23.3. The van der Waals surface area contributed by atoms with Gasteiger partial charge < -0.3 is 16.4 Å². The number of thioether (sulfide) groups is 1. The lowest BCUT2D eigenvalue weighted by molar-refractivity contribution is -0.133. The number of carbonyl (C=O) groups excluding carboxylic acids is 2. The monoisotopic (exact) mass is 545 g/mol. The number of quaternary nitrogens is 1. The second-order valence-electron chi connectivity index (χ2n) is 10.8. The van der Waals surface area contributed by atoms with Gasteiger partial charge in [-0.1, -0.05) is 48.5 Å². The lowest BCUT2D eigenvalue weighted by atomic mass is 9.75. The van der Waals surface area contributed by atoms with Gasteiger partial charge in [-0.3, -0.25) is 4.79 Å². The van der Waals surface area contributed by atoms with E-state index in [1.54, 1.807) is 26.0 Å². The molecule has 10 heteroatoms. The Labute approximate surface area is 224 Å². The fourth-order valence-electron chi connectivity index (χ4n) is 5.46. The number of amides is 2. The van der Waals surface area contributed by atoms with Crippen LogP contribution in [0, 0.1) is 0 Å².